The lowest BCUT2D eigenvalue weighted by Gasteiger charge is -2.16. The zero-order chi connectivity index (χ0) is 22.9. The molecule has 0 saturated carbocycles. The third kappa shape index (κ3) is 6.46. The maximum atomic E-state index is 12.8. The van der Waals surface area contributed by atoms with Gasteiger partial charge in [0, 0.05) is 23.8 Å². The van der Waals surface area contributed by atoms with E-state index in [1.54, 1.807) is 7.11 Å². The van der Waals surface area contributed by atoms with Crippen molar-refractivity contribution in [2.24, 2.45) is 0 Å². The van der Waals surface area contributed by atoms with Crippen molar-refractivity contribution in [3.05, 3.63) is 96.1 Å². The molecule has 3 aromatic carbocycles. The first-order chi connectivity index (χ1) is 16.2. The van der Waals surface area contributed by atoms with Gasteiger partial charge in [0.25, 0.3) is 0 Å². The Morgan fingerprint density at radius 1 is 1.00 bits per heavy atom. The van der Waals surface area contributed by atoms with E-state index in [1.807, 2.05) is 72.8 Å². The Bertz CT molecular complexity index is 1150. The zero-order valence-corrected chi connectivity index (χ0v) is 19.2. The quantitative estimate of drug-likeness (QED) is 0.325. The number of carbonyl (C=O) groups is 1. The van der Waals surface area contributed by atoms with Crippen LogP contribution in [0, 0.1) is 0 Å². The molecule has 0 fully saturated rings. The minimum Gasteiger partial charge on any atom is -0.497 e. The number of aromatic nitrogens is 3. The van der Waals surface area contributed by atoms with Gasteiger partial charge in [-0.25, -0.2) is 4.98 Å². The number of nitrogens with one attached hydrogen (secondary N) is 2. The van der Waals surface area contributed by atoms with Crippen molar-refractivity contribution in [3.63, 3.8) is 0 Å². The van der Waals surface area contributed by atoms with Gasteiger partial charge in [-0.2, -0.15) is 0 Å². The molecule has 0 aliphatic heterocycles. The number of benzene rings is 3. The largest absolute Gasteiger partial charge is 0.497 e. The normalized spacial score (nSPS) is 11.7. The number of aromatic amines is 1. The van der Waals surface area contributed by atoms with Crippen LogP contribution in [0.4, 0.5) is 0 Å². The molecular formula is C26H26N4O2S. The molecule has 168 valence electrons. The van der Waals surface area contributed by atoms with E-state index in [1.165, 1.54) is 17.3 Å². The van der Waals surface area contributed by atoms with Crippen molar-refractivity contribution >= 4 is 17.7 Å². The summed E-state index contributed by atoms with van der Waals surface area (Å²) in [4.78, 5) is 17.4. The van der Waals surface area contributed by atoms with Crippen LogP contribution in [-0.4, -0.2) is 34.7 Å². The lowest BCUT2D eigenvalue weighted by Crippen LogP contribution is -2.26. The van der Waals surface area contributed by atoms with E-state index < -0.39 is 0 Å². The summed E-state index contributed by atoms with van der Waals surface area (Å²) in [6, 6.07) is 27.8. The summed E-state index contributed by atoms with van der Waals surface area (Å²) in [7, 11) is 1.64. The van der Waals surface area contributed by atoms with Crippen LogP contribution in [0.25, 0.3) is 11.4 Å². The van der Waals surface area contributed by atoms with Crippen molar-refractivity contribution in [2.75, 3.05) is 13.7 Å². The van der Waals surface area contributed by atoms with Gasteiger partial charge in [-0.05, 0) is 29.7 Å². The van der Waals surface area contributed by atoms with Crippen LogP contribution >= 0.6 is 11.8 Å². The van der Waals surface area contributed by atoms with Gasteiger partial charge in [0.15, 0.2) is 5.82 Å². The summed E-state index contributed by atoms with van der Waals surface area (Å²) in [6.45, 7) is 0.599. The number of amides is 1. The van der Waals surface area contributed by atoms with Crippen LogP contribution in [0.1, 0.15) is 22.8 Å². The molecule has 1 heterocycles. The number of rotatable bonds is 10. The van der Waals surface area contributed by atoms with Crippen LogP contribution < -0.4 is 10.1 Å². The lowest BCUT2D eigenvalue weighted by molar-refractivity contribution is -0.121. The van der Waals surface area contributed by atoms with Gasteiger partial charge < -0.3 is 10.1 Å². The van der Waals surface area contributed by atoms with Crippen molar-refractivity contribution in [1.29, 1.82) is 0 Å². The van der Waals surface area contributed by atoms with Crippen LogP contribution in [-0.2, 0) is 11.2 Å². The highest BCUT2D eigenvalue weighted by molar-refractivity contribution is 7.99. The fourth-order valence-corrected chi connectivity index (χ4v) is 4.45. The van der Waals surface area contributed by atoms with E-state index in [0.717, 1.165) is 23.3 Å². The Morgan fingerprint density at radius 2 is 1.70 bits per heavy atom. The highest BCUT2D eigenvalue weighted by Gasteiger charge is 2.20. The molecule has 1 aromatic heterocycles. The third-order valence-corrected chi connectivity index (χ3v) is 6.31. The van der Waals surface area contributed by atoms with E-state index in [-0.39, 0.29) is 11.2 Å². The van der Waals surface area contributed by atoms with E-state index in [2.05, 4.69) is 32.6 Å². The standard InChI is InChI=1S/C26H26N4O2S/c1-32-22-14-12-20(13-15-22)23(18-24(31)27-17-16-19-8-4-2-5-9-19)33-26-28-25(29-30-26)21-10-6-3-7-11-21/h2-15,23H,16-18H2,1H3,(H,27,31)(H,28,29,30)/t23-/m0/s1. The van der Waals surface area contributed by atoms with Crippen LogP contribution in [0.2, 0.25) is 0 Å². The molecular weight excluding hydrogens is 432 g/mol. The van der Waals surface area contributed by atoms with Crippen LogP contribution in [0.5, 0.6) is 5.75 Å². The lowest BCUT2D eigenvalue weighted by atomic mass is 10.1. The molecule has 0 bridgehead atoms. The predicted octanol–water partition coefficient (Wildman–Crippen LogP) is 5.06. The Hall–Kier alpha value is -3.58. The Kier molecular flexibility index (Phi) is 7.76. The summed E-state index contributed by atoms with van der Waals surface area (Å²) in [5.41, 5.74) is 3.19. The van der Waals surface area contributed by atoms with Crippen molar-refractivity contribution in [2.45, 2.75) is 23.2 Å². The fourth-order valence-electron chi connectivity index (χ4n) is 3.43. The summed E-state index contributed by atoms with van der Waals surface area (Å²) in [6.07, 6.45) is 1.12. The maximum absolute atomic E-state index is 12.8. The molecule has 1 amide bonds. The Balaban J connectivity index is 1.44. The number of hydrogen-bond acceptors (Lipinski definition) is 5. The van der Waals surface area contributed by atoms with E-state index in [0.29, 0.717) is 23.9 Å². The van der Waals surface area contributed by atoms with Gasteiger partial charge in [0.1, 0.15) is 5.75 Å². The number of ether oxygens (including phenoxy) is 1. The van der Waals surface area contributed by atoms with Gasteiger partial charge in [0.05, 0.1) is 7.11 Å². The average molecular weight is 459 g/mol. The van der Waals surface area contributed by atoms with E-state index in [4.69, 9.17) is 4.74 Å². The molecule has 33 heavy (non-hydrogen) atoms. The van der Waals surface area contributed by atoms with Gasteiger partial charge >= 0.3 is 0 Å². The summed E-state index contributed by atoms with van der Waals surface area (Å²) in [5, 5.41) is 10.9. The van der Waals surface area contributed by atoms with Gasteiger partial charge in [0.2, 0.25) is 11.1 Å². The van der Waals surface area contributed by atoms with E-state index in [9.17, 15) is 4.79 Å². The summed E-state index contributed by atoms with van der Waals surface area (Å²) >= 11 is 1.47. The highest BCUT2D eigenvalue weighted by Crippen LogP contribution is 2.37. The zero-order valence-electron chi connectivity index (χ0n) is 18.4. The van der Waals surface area contributed by atoms with Crippen LogP contribution in [0.3, 0.4) is 0 Å². The molecule has 7 heteroatoms. The first-order valence-electron chi connectivity index (χ1n) is 10.8. The topological polar surface area (TPSA) is 79.9 Å². The SMILES string of the molecule is COc1ccc([C@H](CC(=O)NCCc2ccccc2)Sc2n[nH]c(-c3ccccc3)n2)cc1. The monoisotopic (exact) mass is 458 g/mol. The second-order valence-electron chi connectivity index (χ2n) is 7.50. The number of nitrogens with zero attached hydrogens (tertiary/aromatic N) is 2. The number of methoxy groups -OCH3 is 1. The van der Waals surface area contributed by atoms with Crippen molar-refractivity contribution < 1.29 is 9.53 Å². The molecule has 0 aliphatic carbocycles. The number of hydrogen-bond donors (Lipinski definition) is 2. The van der Waals surface area contributed by atoms with Gasteiger partial charge in [-0.3, -0.25) is 9.89 Å². The highest BCUT2D eigenvalue weighted by atomic mass is 32.2. The number of H-pyrrole nitrogens is 1. The first-order valence-corrected chi connectivity index (χ1v) is 11.7. The first kappa shape index (κ1) is 22.6. The molecule has 0 radical (unpaired) electrons. The summed E-state index contributed by atoms with van der Waals surface area (Å²) < 4.78 is 5.28. The molecule has 2 N–H and O–H groups in total. The minimum atomic E-state index is -0.132. The van der Waals surface area contributed by atoms with E-state index >= 15 is 0 Å². The fraction of sp³-hybridized carbons (Fsp3) is 0.192. The van der Waals surface area contributed by atoms with Gasteiger partial charge in [-0.1, -0.05) is 84.6 Å². The molecule has 4 rings (SSSR count). The molecule has 4 aromatic rings. The molecule has 0 aliphatic rings. The van der Waals surface area contributed by atoms with Crippen molar-refractivity contribution in [1.82, 2.24) is 20.5 Å². The second kappa shape index (κ2) is 11.3. The second-order valence-corrected chi connectivity index (χ2v) is 8.67. The number of carbonyl (C=O) groups excluding carboxylic acids is 1. The van der Waals surface area contributed by atoms with Crippen LogP contribution in [0.15, 0.2) is 90.1 Å². The maximum Gasteiger partial charge on any atom is 0.221 e. The summed E-state index contributed by atoms with van der Waals surface area (Å²) in [5.74, 6) is 1.48. The number of thioether (sulfide) groups is 1. The van der Waals surface area contributed by atoms with Crippen molar-refractivity contribution in [3.8, 4) is 17.1 Å². The minimum absolute atomic E-state index is 0.00179. The molecule has 6 nitrogen and oxygen atoms in total. The third-order valence-electron chi connectivity index (χ3n) is 5.20. The smallest absolute Gasteiger partial charge is 0.221 e. The Morgan fingerprint density at radius 3 is 2.39 bits per heavy atom. The predicted molar refractivity (Wildman–Crippen MR) is 131 cm³/mol. The molecule has 0 unspecified atom stereocenters. The average Bonchev–Trinajstić information content (AvgIpc) is 3.33. The molecule has 0 saturated heterocycles. The Labute approximate surface area is 197 Å². The van der Waals surface area contributed by atoms with Gasteiger partial charge in [-0.15, -0.1) is 5.10 Å². The molecule has 1 atom stereocenters. The molecule has 0 spiro atoms.